The number of nitrogens with zero attached hydrogens (tertiary/aromatic N) is 1. The van der Waals surface area contributed by atoms with E-state index < -0.39 is 12.6 Å². The van der Waals surface area contributed by atoms with Gasteiger partial charge in [0, 0.05) is 13.1 Å². The minimum absolute atomic E-state index is 0.0454. The molecule has 1 atom stereocenters. The third kappa shape index (κ3) is 5.99. The molecule has 1 N–H and O–H groups in total. The lowest BCUT2D eigenvalue weighted by atomic mass is 9.98. The Balaban J connectivity index is 2.04. The van der Waals surface area contributed by atoms with E-state index in [4.69, 9.17) is 0 Å². The predicted molar refractivity (Wildman–Crippen MR) is 53.8 cm³/mol. The van der Waals surface area contributed by atoms with Gasteiger partial charge in [0.15, 0.2) is 0 Å². The number of likely N-dealkylation sites (tertiary alicyclic amines) is 1. The van der Waals surface area contributed by atoms with Crippen molar-refractivity contribution < 1.29 is 13.2 Å². The van der Waals surface area contributed by atoms with Gasteiger partial charge in [0.05, 0.1) is 6.42 Å². The molecule has 5 heteroatoms. The second-order valence-corrected chi connectivity index (χ2v) is 4.34. The van der Waals surface area contributed by atoms with E-state index in [9.17, 15) is 13.2 Å². The SMILES string of the molecule is CN1CCCC(CNCCC(F)(F)F)C1. The highest BCUT2D eigenvalue weighted by atomic mass is 19.4. The standard InChI is InChI=1S/C10H19F3N2/c1-15-6-2-3-9(8-15)7-14-5-4-10(11,12)13/h9,14H,2-8H2,1H3. The van der Waals surface area contributed by atoms with Crippen LogP contribution in [-0.4, -0.2) is 44.3 Å². The van der Waals surface area contributed by atoms with Gasteiger partial charge in [0.2, 0.25) is 0 Å². The number of halogens is 3. The van der Waals surface area contributed by atoms with Crippen LogP contribution < -0.4 is 5.32 Å². The van der Waals surface area contributed by atoms with E-state index in [1.54, 1.807) is 0 Å². The van der Waals surface area contributed by atoms with E-state index in [-0.39, 0.29) is 6.54 Å². The topological polar surface area (TPSA) is 15.3 Å². The van der Waals surface area contributed by atoms with Crippen molar-refractivity contribution in [2.75, 3.05) is 33.2 Å². The van der Waals surface area contributed by atoms with Crippen LogP contribution in [0.4, 0.5) is 13.2 Å². The van der Waals surface area contributed by atoms with Crippen LogP contribution in [0.25, 0.3) is 0 Å². The summed E-state index contributed by atoms with van der Waals surface area (Å²) in [5.41, 5.74) is 0. The molecular weight excluding hydrogens is 205 g/mol. The van der Waals surface area contributed by atoms with Crippen LogP contribution in [0.1, 0.15) is 19.3 Å². The van der Waals surface area contributed by atoms with Gasteiger partial charge in [-0.05, 0) is 38.9 Å². The Bertz CT molecular complexity index is 182. The van der Waals surface area contributed by atoms with Crippen LogP contribution in [0.2, 0.25) is 0 Å². The van der Waals surface area contributed by atoms with E-state index in [2.05, 4.69) is 17.3 Å². The molecule has 0 radical (unpaired) electrons. The summed E-state index contributed by atoms with van der Waals surface area (Å²) in [4.78, 5) is 2.24. The fraction of sp³-hybridized carbons (Fsp3) is 1.00. The summed E-state index contributed by atoms with van der Waals surface area (Å²) in [6, 6.07) is 0. The average Bonchev–Trinajstić information content (AvgIpc) is 2.11. The molecule has 1 fully saturated rings. The largest absolute Gasteiger partial charge is 0.390 e. The van der Waals surface area contributed by atoms with Crippen molar-refractivity contribution in [3.8, 4) is 0 Å². The fourth-order valence-electron chi connectivity index (χ4n) is 1.98. The summed E-state index contributed by atoms with van der Waals surface area (Å²) in [7, 11) is 2.06. The molecule has 1 saturated heterocycles. The Morgan fingerprint density at radius 1 is 1.40 bits per heavy atom. The van der Waals surface area contributed by atoms with Crippen LogP contribution in [0.5, 0.6) is 0 Å². The number of rotatable bonds is 4. The molecule has 0 aliphatic carbocycles. The first-order chi connectivity index (χ1) is 6.97. The minimum Gasteiger partial charge on any atom is -0.316 e. The summed E-state index contributed by atoms with van der Waals surface area (Å²) in [5.74, 6) is 0.511. The highest BCUT2D eigenvalue weighted by Crippen LogP contribution is 2.18. The summed E-state index contributed by atoms with van der Waals surface area (Å²) in [6.07, 6.45) is -2.47. The second kappa shape index (κ2) is 5.70. The van der Waals surface area contributed by atoms with Crippen molar-refractivity contribution in [3.05, 3.63) is 0 Å². The molecule has 15 heavy (non-hydrogen) atoms. The zero-order valence-corrected chi connectivity index (χ0v) is 9.11. The molecule has 1 aliphatic heterocycles. The summed E-state index contributed by atoms with van der Waals surface area (Å²) in [6.45, 7) is 2.86. The second-order valence-electron chi connectivity index (χ2n) is 4.34. The van der Waals surface area contributed by atoms with Gasteiger partial charge < -0.3 is 10.2 Å². The molecule has 0 aromatic heterocycles. The van der Waals surface area contributed by atoms with Crippen LogP contribution in [0.3, 0.4) is 0 Å². The van der Waals surface area contributed by atoms with Crippen LogP contribution in [0.15, 0.2) is 0 Å². The van der Waals surface area contributed by atoms with Crippen LogP contribution in [0, 0.1) is 5.92 Å². The highest BCUT2D eigenvalue weighted by molar-refractivity contribution is 4.72. The molecular formula is C10H19F3N2. The molecule has 1 unspecified atom stereocenters. The molecule has 1 aliphatic rings. The fourth-order valence-corrected chi connectivity index (χ4v) is 1.98. The zero-order valence-electron chi connectivity index (χ0n) is 9.11. The Hall–Kier alpha value is -0.290. The van der Waals surface area contributed by atoms with E-state index in [1.807, 2.05) is 0 Å². The molecule has 0 saturated carbocycles. The van der Waals surface area contributed by atoms with Crippen molar-refractivity contribution in [1.29, 1.82) is 0 Å². The first-order valence-electron chi connectivity index (χ1n) is 5.43. The van der Waals surface area contributed by atoms with Gasteiger partial charge in [-0.15, -0.1) is 0 Å². The number of hydrogen-bond acceptors (Lipinski definition) is 2. The van der Waals surface area contributed by atoms with E-state index >= 15 is 0 Å². The lowest BCUT2D eigenvalue weighted by Crippen LogP contribution is -2.38. The zero-order chi connectivity index (χ0) is 11.3. The maximum absolute atomic E-state index is 11.8. The Morgan fingerprint density at radius 2 is 2.13 bits per heavy atom. The summed E-state index contributed by atoms with van der Waals surface area (Å²) >= 11 is 0. The third-order valence-electron chi connectivity index (χ3n) is 2.74. The molecule has 0 bridgehead atoms. The van der Waals surface area contributed by atoms with Gasteiger partial charge in [-0.2, -0.15) is 13.2 Å². The van der Waals surface area contributed by atoms with Crippen molar-refractivity contribution in [1.82, 2.24) is 10.2 Å². The highest BCUT2D eigenvalue weighted by Gasteiger charge is 2.26. The summed E-state index contributed by atoms with van der Waals surface area (Å²) < 4.78 is 35.5. The molecule has 1 heterocycles. The quantitative estimate of drug-likeness (QED) is 0.733. The lowest BCUT2D eigenvalue weighted by Gasteiger charge is -2.29. The third-order valence-corrected chi connectivity index (χ3v) is 2.74. The van der Waals surface area contributed by atoms with E-state index in [0.29, 0.717) is 12.5 Å². The Morgan fingerprint density at radius 3 is 2.73 bits per heavy atom. The van der Waals surface area contributed by atoms with Crippen molar-refractivity contribution >= 4 is 0 Å². The Labute approximate surface area is 88.8 Å². The predicted octanol–water partition coefficient (Wildman–Crippen LogP) is 1.87. The number of piperidine rings is 1. The summed E-state index contributed by atoms with van der Waals surface area (Å²) in [5, 5.41) is 2.89. The van der Waals surface area contributed by atoms with Crippen LogP contribution >= 0.6 is 0 Å². The van der Waals surface area contributed by atoms with E-state index in [1.165, 1.54) is 0 Å². The van der Waals surface area contributed by atoms with Crippen molar-refractivity contribution in [2.45, 2.75) is 25.4 Å². The molecule has 0 aromatic carbocycles. The van der Waals surface area contributed by atoms with Crippen LogP contribution in [-0.2, 0) is 0 Å². The maximum Gasteiger partial charge on any atom is 0.390 e. The molecule has 0 amide bonds. The Kier molecular flexibility index (Phi) is 4.86. The van der Waals surface area contributed by atoms with Gasteiger partial charge in [0.25, 0.3) is 0 Å². The molecule has 90 valence electrons. The van der Waals surface area contributed by atoms with Crippen molar-refractivity contribution in [3.63, 3.8) is 0 Å². The number of nitrogens with one attached hydrogen (secondary N) is 1. The average molecular weight is 224 g/mol. The van der Waals surface area contributed by atoms with E-state index in [0.717, 1.165) is 25.9 Å². The minimum atomic E-state index is -4.03. The van der Waals surface area contributed by atoms with Gasteiger partial charge in [-0.1, -0.05) is 0 Å². The van der Waals surface area contributed by atoms with Gasteiger partial charge in [0.1, 0.15) is 0 Å². The van der Waals surface area contributed by atoms with Crippen molar-refractivity contribution in [2.24, 2.45) is 5.92 Å². The first kappa shape index (κ1) is 12.8. The smallest absolute Gasteiger partial charge is 0.316 e. The van der Waals surface area contributed by atoms with Gasteiger partial charge in [-0.25, -0.2) is 0 Å². The lowest BCUT2D eigenvalue weighted by molar-refractivity contribution is -0.133. The number of alkyl halides is 3. The maximum atomic E-state index is 11.8. The van der Waals surface area contributed by atoms with Gasteiger partial charge >= 0.3 is 6.18 Å². The monoisotopic (exact) mass is 224 g/mol. The normalized spacial score (nSPS) is 24.4. The molecule has 1 rings (SSSR count). The molecule has 0 spiro atoms. The van der Waals surface area contributed by atoms with Gasteiger partial charge in [-0.3, -0.25) is 0 Å². The first-order valence-corrected chi connectivity index (χ1v) is 5.43. The molecule has 2 nitrogen and oxygen atoms in total. The molecule has 0 aromatic rings. The number of hydrogen-bond donors (Lipinski definition) is 1.